The van der Waals surface area contributed by atoms with E-state index in [0.29, 0.717) is 11.3 Å². The van der Waals surface area contributed by atoms with Crippen molar-refractivity contribution in [2.45, 2.75) is 17.9 Å². The number of ether oxygens (including phenoxy) is 1. The van der Waals surface area contributed by atoms with Gasteiger partial charge in [0.1, 0.15) is 18.2 Å². The second-order valence-corrected chi connectivity index (χ2v) is 8.65. The van der Waals surface area contributed by atoms with Crippen LogP contribution in [0.25, 0.3) is 0 Å². The highest BCUT2D eigenvalue weighted by Gasteiger charge is 2.17. The number of hydrogen-bond donors (Lipinski definition) is 2. The van der Waals surface area contributed by atoms with E-state index in [-0.39, 0.29) is 39.8 Å². The van der Waals surface area contributed by atoms with E-state index in [2.05, 4.69) is 5.32 Å². The largest absolute Gasteiger partial charge is 0.489 e. The Morgan fingerprint density at radius 2 is 1.88 bits per heavy atom. The molecule has 0 aromatic heterocycles. The highest BCUT2D eigenvalue weighted by atomic mass is 35.5. The second-order valence-electron chi connectivity index (χ2n) is 6.72. The number of nitrogens with two attached hydrogens (primary N) is 1. The minimum Gasteiger partial charge on any atom is -0.489 e. The van der Waals surface area contributed by atoms with Crippen molar-refractivity contribution < 1.29 is 22.3 Å². The Morgan fingerprint density at radius 3 is 2.50 bits per heavy atom. The highest BCUT2D eigenvalue weighted by Crippen LogP contribution is 2.24. The van der Waals surface area contributed by atoms with Gasteiger partial charge in [0.15, 0.2) is 0 Å². The summed E-state index contributed by atoms with van der Waals surface area (Å²) in [6, 6.07) is 16.5. The minimum atomic E-state index is -4.13. The third kappa shape index (κ3) is 5.82. The van der Waals surface area contributed by atoms with Gasteiger partial charge >= 0.3 is 0 Å². The first kappa shape index (κ1) is 23.2. The first-order chi connectivity index (χ1) is 15.2. The minimum absolute atomic E-state index is 0.0331. The van der Waals surface area contributed by atoms with Crippen molar-refractivity contribution >= 4 is 33.2 Å². The molecule has 1 amide bonds. The molecule has 3 rings (SSSR count). The molecule has 0 spiro atoms. The fraction of sp³-hybridized carbons (Fsp3) is 0.0909. The number of benzene rings is 3. The van der Waals surface area contributed by atoms with Gasteiger partial charge in [-0.25, -0.2) is 17.9 Å². The fourth-order valence-electron chi connectivity index (χ4n) is 2.87. The Balaban J connectivity index is 1.77. The predicted octanol–water partition coefficient (Wildman–Crippen LogP) is 3.76. The molecule has 10 heteroatoms. The quantitative estimate of drug-likeness (QED) is 0.541. The third-order valence-electron chi connectivity index (χ3n) is 4.43. The van der Waals surface area contributed by atoms with Crippen LogP contribution in [0.5, 0.6) is 5.75 Å². The molecule has 32 heavy (non-hydrogen) atoms. The molecule has 164 valence electrons. The van der Waals surface area contributed by atoms with Gasteiger partial charge in [-0.15, -0.1) is 0 Å². The van der Waals surface area contributed by atoms with Crippen LogP contribution in [-0.2, 0) is 27.8 Å². The van der Waals surface area contributed by atoms with Crippen molar-refractivity contribution in [2.24, 2.45) is 5.14 Å². The molecule has 3 N–H and O–H groups in total. The van der Waals surface area contributed by atoms with Crippen LogP contribution >= 0.6 is 11.6 Å². The fourth-order valence-corrected chi connectivity index (χ4v) is 3.88. The number of amides is 1. The van der Waals surface area contributed by atoms with Crippen LogP contribution in [0.3, 0.4) is 0 Å². The molecule has 0 saturated heterocycles. The first-order valence-corrected chi connectivity index (χ1v) is 11.1. The number of primary sulfonamides is 1. The number of carbonyl (C=O) groups is 1. The molecular weight excluding hydrogens is 457 g/mol. The van der Waals surface area contributed by atoms with Gasteiger partial charge in [0.05, 0.1) is 22.9 Å². The summed E-state index contributed by atoms with van der Waals surface area (Å²) in [5.74, 6) is -0.768. The van der Waals surface area contributed by atoms with Crippen molar-refractivity contribution in [2.75, 3.05) is 5.32 Å². The lowest BCUT2D eigenvalue weighted by Gasteiger charge is -2.13. The zero-order valence-corrected chi connectivity index (χ0v) is 18.1. The van der Waals surface area contributed by atoms with Crippen LogP contribution in [0.15, 0.2) is 65.6 Å². The molecule has 0 saturated carbocycles. The number of hydrogen-bond acceptors (Lipinski definition) is 5. The molecule has 0 aliphatic rings. The van der Waals surface area contributed by atoms with E-state index in [9.17, 15) is 17.6 Å². The maximum atomic E-state index is 13.9. The van der Waals surface area contributed by atoms with Crippen molar-refractivity contribution in [3.05, 3.63) is 88.2 Å². The molecule has 0 radical (unpaired) electrons. The van der Waals surface area contributed by atoms with Gasteiger partial charge in [0.2, 0.25) is 15.9 Å². The highest BCUT2D eigenvalue weighted by molar-refractivity contribution is 7.89. The summed E-state index contributed by atoms with van der Waals surface area (Å²) in [6.07, 6.45) is -0.334. The molecule has 0 atom stereocenters. The summed E-state index contributed by atoms with van der Waals surface area (Å²) in [5, 5.41) is 16.8. The molecule has 0 fully saturated rings. The third-order valence-corrected chi connectivity index (χ3v) is 5.78. The Labute approximate surface area is 189 Å². The molecule has 0 aliphatic heterocycles. The van der Waals surface area contributed by atoms with Gasteiger partial charge in [-0.1, -0.05) is 23.7 Å². The van der Waals surface area contributed by atoms with Crippen LogP contribution in [-0.4, -0.2) is 14.3 Å². The van der Waals surface area contributed by atoms with Crippen LogP contribution < -0.4 is 15.2 Å². The van der Waals surface area contributed by atoms with Crippen LogP contribution in [0.1, 0.15) is 16.7 Å². The first-order valence-electron chi connectivity index (χ1n) is 9.19. The lowest BCUT2D eigenvalue weighted by atomic mass is 10.1. The molecule has 3 aromatic carbocycles. The van der Waals surface area contributed by atoms with E-state index in [4.69, 9.17) is 26.7 Å². The van der Waals surface area contributed by atoms with E-state index in [0.717, 1.165) is 0 Å². The van der Waals surface area contributed by atoms with Gasteiger partial charge in [-0.2, -0.15) is 5.26 Å². The SMILES string of the molecule is N#Cc1ccc(OCc2ccc(NC(=O)Cc3c(F)cccc3Cl)cc2S(N)(=O)=O)cc1. The number of nitrogens with one attached hydrogen (secondary N) is 1. The number of nitrogens with zero attached hydrogens (tertiary/aromatic N) is 1. The molecule has 0 bridgehead atoms. The van der Waals surface area contributed by atoms with E-state index < -0.39 is 21.7 Å². The van der Waals surface area contributed by atoms with Gasteiger partial charge in [-0.3, -0.25) is 4.79 Å². The van der Waals surface area contributed by atoms with Gasteiger partial charge < -0.3 is 10.1 Å². The number of rotatable bonds is 7. The Kier molecular flexibility index (Phi) is 7.10. The number of nitriles is 1. The molecule has 0 unspecified atom stereocenters. The number of sulfonamides is 1. The molecule has 3 aromatic rings. The van der Waals surface area contributed by atoms with Crippen molar-refractivity contribution in [3.8, 4) is 11.8 Å². The summed E-state index contributed by atoms with van der Waals surface area (Å²) in [7, 11) is -4.13. The predicted molar refractivity (Wildman–Crippen MR) is 117 cm³/mol. The van der Waals surface area contributed by atoms with Crippen molar-refractivity contribution in [1.29, 1.82) is 5.26 Å². The topological polar surface area (TPSA) is 122 Å². The van der Waals surface area contributed by atoms with Crippen LogP contribution in [0.2, 0.25) is 5.02 Å². The number of anilines is 1. The summed E-state index contributed by atoms with van der Waals surface area (Å²) >= 11 is 5.94. The molecule has 0 aliphatic carbocycles. The van der Waals surface area contributed by atoms with Gasteiger partial charge in [0.25, 0.3) is 0 Å². The van der Waals surface area contributed by atoms with Crippen LogP contribution in [0, 0.1) is 17.1 Å². The average molecular weight is 474 g/mol. The standard InChI is InChI=1S/C22H17ClFN3O4S/c23-19-2-1-3-20(24)18(19)11-22(28)27-16-7-6-15(21(10-16)32(26,29)30)13-31-17-8-4-14(12-25)5-9-17/h1-10H,11,13H2,(H,27,28)(H2,26,29,30). The lowest BCUT2D eigenvalue weighted by molar-refractivity contribution is -0.115. The maximum absolute atomic E-state index is 13.9. The van der Waals surface area contributed by atoms with E-state index in [1.54, 1.807) is 24.3 Å². The van der Waals surface area contributed by atoms with E-state index in [1.807, 2.05) is 6.07 Å². The molecule has 7 nitrogen and oxygen atoms in total. The smallest absolute Gasteiger partial charge is 0.238 e. The zero-order valence-electron chi connectivity index (χ0n) is 16.5. The number of carbonyl (C=O) groups excluding carboxylic acids is 1. The van der Waals surface area contributed by atoms with Crippen LogP contribution in [0.4, 0.5) is 10.1 Å². The van der Waals surface area contributed by atoms with Crippen molar-refractivity contribution in [1.82, 2.24) is 0 Å². The van der Waals surface area contributed by atoms with Crippen molar-refractivity contribution in [3.63, 3.8) is 0 Å². The molecular formula is C22H17ClFN3O4S. The zero-order chi connectivity index (χ0) is 23.3. The second kappa shape index (κ2) is 9.78. The van der Waals surface area contributed by atoms with Gasteiger partial charge in [-0.05, 0) is 48.5 Å². The Hall–Kier alpha value is -3.45. The Bertz CT molecular complexity index is 1290. The van der Waals surface area contributed by atoms with E-state index in [1.165, 1.54) is 36.4 Å². The normalized spacial score (nSPS) is 10.9. The van der Waals surface area contributed by atoms with E-state index >= 15 is 0 Å². The van der Waals surface area contributed by atoms with Gasteiger partial charge in [0, 0.05) is 21.8 Å². The molecule has 0 heterocycles. The lowest BCUT2D eigenvalue weighted by Crippen LogP contribution is -2.18. The maximum Gasteiger partial charge on any atom is 0.238 e. The summed E-state index contributed by atoms with van der Waals surface area (Å²) in [6.45, 7) is -0.114. The summed E-state index contributed by atoms with van der Waals surface area (Å²) < 4.78 is 43.6. The summed E-state index contributed by atoms with van der Waals surface area (Å²) in [4.78, 5) is 12.1. The summed E-state index contributed by atoms with van der Waals surface area (Å²) in [5.41, 5.74) is 0.922. The average Bonchev–Trinajstić information content (AvgIpc) is 2.75. The monoisotopic (exact) mass is 473 g/mol. The Morgan fingerprint density at radius 1 is 1.16 bits per heavy atom. The number of halogens is 2.